The second-order valence-corrected chi connectivity index (χ2v) is 5.96. The number of aromatic nitrogens is 1. The molecular weight excluding hydrogens is 324 g/mol. The highest BCUT2D eigenvalue weighted by atomic mass is 16.6. The lowest BCUT2D eigenvalue weighted by atomic mass is 10.0. The van der Waals surface area contributed by atoms with Crippen molar-refractivity contribution in [3.8, 4) is 5.75 Å². The number of esters is 1. The van der Waals surface area contributed by atoms with Crippen LogP contribution in [0, 0.1) is 6.92 Å². The predicted molar refractivity (Wildman–Crippen MR) is 91.4 cm³/mol. The molecule has 0 radical (unpaired) electrons. The molecule has 0 aliphatic rings. The number of carbonyl (C=O) groups is 2. The largest absolute Gasteiger partial charge is 0.482 e. The Labute approximate surface area is 146 Å². The minimum atomic E-state index is -0.976. The number of carbonyl (C=O) groups excluding carboxylic acids is 2. The molecule has 1 heterocycles. The standard InChI is InChI=1S/C18H22N2O5/c1-11(2)14-5-7-15(8-6-14)23-10-17(21)24-13(4)18(22)19-16-9-12(3)25-20-16/h5-9,11,13H,10H2,1-4H3,(H,19,20,22)/t13-/m0/s1. The molecular formula is C18H22N2O5. The van der Waals surface area contributed by atoms with E-state index in [2.05, 4.69) is 24.3 Å². The van der Waals surface area contributed by atoms with Gasteiger partial charge in [-0.05, 0) is 37.5 Å². The fourth-order valence-electron chi connectivity index (χ4n) is 2.03. The van der Waals surface area contributed by atoms with Gasteiger partial charge in [0.15, 0.2) is 18.5 Å². The van der Waals surface area contributed by atoms with Gasteiger partial charge in [0.05, 0.1) is 0 Å². The molecule has 0 saturated heterocycles. The first-order valence-corrected chi connectivity index (χ1v) is 8.01. The Morgan fingerprint density at radius 1 is 1.20 bits per heavy atom. The van der Waals surface area contributed by atoms with E-state index in [9.17, 15) is 9.59 Å². The minimum Gasteiger partial charge on any atom is -0.482 e. The molecule has 2 aromatic rings. The normalized spacial score (nSPS) is 11.9. The van der Waals surface area contributed by atoms with Crippen molar-refractivity contribution in [3.63, 3.8) is 0 Å². The maximum atomic E-state index is 11.9. The molecule has 1 N–H and O–H groups in total. The topological polar surface area (TPSA) is 90.7 Å². The van der Waals surface area contributed by atoms with E-state index >= 15 is 0 Å². The third-order valence-corrected chi connectivity index (χ3v) is 3.46. The summed E-state index contributed by atoms with van der Waals surface area (Å²) >= 11 is 0. The summed E-state index contributed by atoms with van der Waals surface area (Å²) in [5.41, 5.74) is 1.18. The highest BCUT2D eigenvalue weighted by molar-refractivity contribution is 5.94. The number of ether oxygens (including phenoxy) is 2. The summed E-state index contributed by atoms with van der Waals surface area (Å²) in [6, 6.07) is 9.05. The first-order chi connectivity index (χ1) is 11.8. The van der Waals surface area contributed by atoms with Gasteiger partial charge in [-0.1, -0.05) is 31.1 Å². The van der Waals surface area contributed by atoms with Crippen LogP contribution >= 0.6 is 0 Å². The van der Waals surface area contributed by atoms with Crippen molar-refractivity contribution in [1.82, 2.24) is 5.16 Å². The summed E-state index contributed by atoms with van der Waals surface area (Å²) in [5.74, 6) is 0.696. The van der Waals surface area contributed by atoms with Crippen LogP contribution in [0.5, 0.6) is 5.75 Å². The Bertz CT molecular complexity index is 721. The van der Waals surface area contributed by atoms with Crippen molar-refractivity contribution in [3.05, 3.63) is 41.7 Å². The molecule has 1 amide bonds. The van der Waals surface area contributed by atoms with Crippen LogP contribution in [-0.2, 0) is 14.3 Å². The molecule has 0 bridgehead atoms. The second-order valence-electron chi connectivity index (χ2n) is 5.96. The number of nitrogens with one attached hydrogen (secondary N) is 1. The van der Waals surface area contributed by atoms with Crippen molar-refractivity contribution in [2.75, 3.05) is 11.9 Å². The third-order valence-electron chi connectivity index (χ3n) is 3.46. The molecule has 1 aromatic heterocycles. The summed E-state index contributed by atoms with van der Waals surface area (Å²) in [7, 11) is 0. The van der Waals surface area contributed by atoms with Gasteiger partial charge in [0.2, 0.25) is 0 Å². The first kappa shape index (κ1) is 18.5. The van der Waals surface area contributed by atoms with Crippen molar-refractivity contribution in [1.29, 1.82) is 0 Å². The molecule has 0 fully saturated rings. The van der Waals surface area contributed by atoms with Crippen LogP contribution < -0.4 is 10.1 Å². The Kier molecular flexibility index (Phi) is 6.16. The van der Waals surface area contributed by atoms with Gasteiger partial charge in [-0.15, -0.1) is 0 Å². The molecule has 0 aliphatic heterocycles. The van der Waals surface area contributed by atoms with Gasteiger partial charge in [-0.2, -0.15) is 0 Å². The van der Waals surface area contributed by atoms with Crippen molar-refractivity contribution < 1.29 is 23.6 Å². The van der Waals surface area contributed by atoms with Crippen LogP contribution in [0.4, 0.5) is 5.82 Å². The molecule has 0 saturated carbocycles. The molecule has 0 aliphatic carbocycles. The molecule has 2 rings (SSSR count). The highest BCUT2D eigenvalue weighted by Gasteiger charge is 2.19. The Morgan fingerprint density at radius 2 is 1.88 bits per heavy atom. The molecule has 134 valence electrons. The molecule has 1 atom stereocenters. The molecule has 0 unspecified atom stereocenters. The monoisotopic (exact) mass is 346 g/mol. The van der Waals surface area contributed by atoms with Gasteiger partial charge in [0.25, 0.3) is 5.91 Å². The van der Waals surface area contributed by atoms with E-state index < -0.39 is 18.0 Å². The lowest BCUT2D eigenvalue weighted by molar-refractivity contribution is -0.155. The van der Waals surface area contributed by atoms with Crippen LogP contribution in [0.1, 0.15) is 38.0 Å². The summed E-state index contributed by atoms with van der Waals surface area (Å²) in [4.78, 5) is 23.7. The number of hydrogen-bond donors (Lipinski definition) is 1. The summed E-state index contributed by atoms with van der Waals surface area (Å²) in [5, 5.41) is 6.14. The Morgan fingerprint density at radius 3 is 2.44 bits per heavy atom. The number of nitrogens with zero attached hydrogens (tertiary/aromatic N) is 1. The zero-order valence-corrected chi connectivity index (χ0v) is 14.7. The number of benzene rings is 1. The number of rotatable bonds is 7. The second kappa shape index (κ2) is 8.32. The summed E-state index contributed by atoms with van der Waals surface area (Å²) < 4.78 is 15.3. The molecule has 7 heteroatoms. The number of anilines is 1. The SMILES string of the molecule is Cc1cc(NC(=O)[C@H](C)OC(=O)COc2ccc(C(C)C)cc2)no1. The highest BCUT2D eigenvalue weighted by Crippen LogP contribution is 2.18. The molecule has 25 heavy (non-hydrogen) atoms. The van der Waals surface area contributed by atoms with E-state index in [1.54, 1.807) is 25.1 Å². The summed E-state index contributed by atoms with van der Waals surface area (Å²) in [6.07, 6.45) is -0.976. The van der Waals surface area contributed by atoms with Crippen LogP contribution in [-0.4, -0.2) is 29.7 Å². The van der Waals surface area contributed by atoms with Gasteiger partial charge >= 0.3 is 5.97 Å². The Balaban J connectivity index is 1.77. The molecule has 0 spiro atoms. The van der Waals surface area contributed by atoms with Gasteiger partial charge in [0.1, 0.15) is 11.5 Å². The average Bonchev–Trinajstić information content (AvgIpc) is 2.98. The van der Waals surface area contributed by atoms with Crippen LogP contribution in [0.25, 0.3) is 0 Å². The van der Waals surface area contributed by atoms with Crippen LogP contribution in [0.15, 0.2) is 34.9 Å². The van der Waals surface area contributed by atoms with E-state index in [-0.39, 0.29) is 12.4 Å². The van der Waals surface area contributed by atoms with Gasteiger partial charge in [0, 0.05) is 6.07 Å². The van der Waals surface area contributed by atoms with Crippen LogP contribution in [0.2, 0.25) is 0 Å². The van der Waals surface area contributed by atoms with E-state index in [1.807, 2.05) is 12.1 Å². The van der Waals surface area contributed by atoms with E-state index in [4.69, 9.17) is 14.0 Å². The number of hydrogen-bond acceptors (Lipinski definition) is 6. The first-order valence-electron chi connectivity index (χ1n) is 8.01. The van der Waals surface area contributed by atoms with E-state index in [1.165, 1.54) is 12.5 Å². The molecule has 1 aromatic carbocycles. The smallest absolute Gasteiger partial charge is 0.344 e. The number of aryl methyl sites for hydroxylation is 1. The average molecular weight is 346 g/mol. The zero-order chi connectivity index (χ0) is 18.4. The fourth-order valence-corrected chi connectivity index (χ4v) is 2.03. The van der Waals surface area contributed by atoms with Crippen molar-refractivity contribution in [2.24, 2.45) is 0 Å². The summed E-state index contributed by atoms with van der Waals surface area (Å²) in [6.45, 7) is 7.09. The molecule has 7 nitrogen and oxygen atoms in total. The lowest BCUT2D eigenvalue weighted by Gasteiger charge is -2.13. The van der Waals surface area contributed by atoms with E-state index in [0.717, 1.165) is 0 Å². The fraction of sp³-hybridized carbons (Fsp3) is 0.389. The van der Waals surface area contributed by atoms with Gasteiger partial charge in [-0.25, -0.2) is 4.79 Å². The number of amides is 1. The van der Waals surface area contributed by atoms with Crippen molar-refractivity contribution >= 4 is 17.7 Å². The van der Waals surface area contributed by atoms with Crippen LogP contribution in [0.3, 0.4) is 0 Å². The maximum absolute atomic E-state index is 11.9. The maximum Gasteiger partial charge on any atom is 0.344 e. The van der Waals surface area contributed by atoms with Gasteiger partial charge < -0.3 is 19.3 Å². The minimum absolute atomic E-state index is 0.270. The van der Waals surface area contributed by atoms with E-state index in [0.29, 0.717) is 17.4 Å². The third kappa shape index (κ3) is 5.63. The van der Waals surface area contributed by atoms with Gasteiger partial charge in [-0.3, -0.25) is 4.79 Å². The quantitative estimate of drug-likeness (QED) is 0.775. The lowest BCUT2D eigenvalue weighted by Crippen LogP contribution is -2.31. The van der Waals surface area contributed by atoms with Crippen molar-refractivity contribution in [2.45, 2.75) is 39.7 Å². The predicted octanol–water partition coefficient (Wildman–Crippen LogP) is 3.06. The Hall–Kier alpha value is -2.83. The zero-order valence-electron chi connectivity index (χ0n) is 14.7.